The second kappa shape index (κ2) is 19.1. The number of hydrogen-bond donors (Lipinski definition) is 4. The number of aromatic hydroxyl groups is 4. The smallest absolute Gasteiger partial charge is 0.122 e. The lowest BCUT2D eigenvalue weighted by Crippen LogP contribution is -2.06. The van der Waals surface area contributed by atoms with E-state index in [0.717, 1.165) is 22.3 Å². The van der Waals surface area contributed by atoms with Crippen LogP contribution in [0.25, 0.3) is 0 Å². The fourth-order valence-electron chi connectivity index (χ4n) is 8.29. The van der Waals surface area contributed by atoms with E-state index >= 15 is 0 Å². The number of phenols is 4. The molecular weight excluding hydrogens is 801 g/mol. The molecule has 0 saturated carbocycles. The summed E-state index contributed by atoms with van der Waals surface area (Å²) in [5.74, 6) is 3.04. The van der Waals surface area contributed by atoms with Crippen LogP contribution in [0.3, 0.4) is 0 Å². The third-order valence-electron chi connectivity index (χ3n) is 11.4. The van der Waals surface area contributed by atoms with Crippen molar-refractivity contribution in [2.75, 3.05) is 0 Å². The zero-order chi connectivity index (χ0) is 43.8. The summed E-state index contributed by atoms with van der Waals surface area (Å²) in [6.07, 6.45) is 0.668. The van der Waals surface area contributed by atoms with Crippen LogP contribution < -0.4 is 18.9 Å². The topological polar surface area (TPSA) is 118 Å². The maximum atomic E-state index is 12.2. The van der Waals surface area contributed by atoms with Gasteiger partial charge in [0.25, 0.3) is 0 Å². The van der Waals surface area contributed by atoms with Gasteiger partial charge in [0.2, 0.25) is 0 Å². The fraction of sp³-hybridized carbons (Fsp3) is 0.143. The quantitative estimate of drug-likeness (QED) is 0.0960. The zero-order valence-electron chi connectivity index (χ0n) is 35.2. The van der Waals surface area contributed by atoms with Gasteiger partial charge in [-0.25, -0.2) is 0 Å². The Labute approximate surface area is 372 Å². The molecule has 0 aromatic heterocycles. The molecule has 0 heterocycles. The summed E-state index contributed by atoms with van der Waals surface area (Å²) >= 11 is 0. The molecule has 0 unspecified atom stereocenters. The molecule has 0 radical (unpaired) electrons. The van der Waals surface area contributed by atoms with Crippen molar-refractivity contribution < 1.29 is 39.4 Å². The molecule has 0 amide bonds. The molecule has 8 nitrogen and oxygen atoms in total. The first kappa shape index (κ1) is 41.5. The van der Waals surface area contributed by atoms with Crippen LogP contribution in [0.15, 0.2) is 170 Å². The molecule has 0 spiro atoms. The van der Waals surface area contributed by atoms with Crippen molar-refractivity contribution in [3.05, 3.63) is 237 Å². The van der Waals surface area contributed by atoms with E-state index in [2.05, 4.69) is 0 Å². The van der Waals surface area contributed by atoms with Crippen molar-refractivity contribution >= 4 is 0 Å². The van der Waals surface area contributed by atoms with Crippen LogP contribution >= 0.6 is 0 Å². The summed E-state index contributed by atoms with van der Waals surface area (Å²) in [4.78, 5) is 0. The number of hydrogen-bond acceptors (Lipinski definition) is 8. The van der Waals surface area contributed by atoms with Crippen LogP contribution in [-0.4, -0.2) is 20.4 Å². The molecular formula is C56H48O8. The molecule has 8 aromatic rings. The lowest BCUT2D eigenvalue weighted by atomic mass is 9.88. The molecule has 4 N–H and O–H groups in total. The average molecular weight is 849 g/mol. The summed E-state index contributed by atoms with van der Waals surface area (Å²) < 4.78 is 24.8. The highest BCUT2D eigenvalue weighted by Gasteiger charge is 2.22. The minimum Gasteiger partial charge on any atom is -0.507 e. The first-order chi connectivity index (χ1) is 31.3. The number of rotatable bonds is 12. The Bertz CT molecular complexity index is 2370. The van der Waals surface area contributed by atoms with Crippen LogP contribution in [0, 0.1) is 0 Å². The Morgan fingerprint density at radius 2 is 0.438 bits per heavy atom. The molecule has 8 heteroatoms. The SMILES string of the molecule is Oc1c2cc(COc3ccccc3)cc1Cc1cc(COc3ccccc3)cc(c1O)Cc1cc(COc3ccccc3)cc(c1O)Cc1cc(COc3ccccc3)cc(c1O)C2. The average Bonchev–Trinajstić information content (AvgIpc) is 3.32. The van der Waals surface area contributed by atoms with E-state index in [0.29, 0.717) is 67.5 Å². The maximum Gasteiger partial charge on any atom is 0.122 e. The number of phenolic OH excluding ortho intramolecular Hbond substituents is 4. The van der Waals surface area contributed by atoms with E-state index in [1.807, 2.05) is 170 Å². The van der Waals surface area contributed by atoms with E-state index in [1.165, 1.54) is 0 Å². The molecule has 0 atom stereocenters. The van der Waals surface area contributed by atoms with Gasteiger partial charge in [-0.15, -0.1) is 0 Å². The zero-order valence-corrected chi connectivity index (χ0v) is 35.2. The number of ether oxygens (including phenoxy) is 4. The summed E-state index contributed by atoms with van der Waals surface area (Å²) in [6, 6.07) is 53.4. The van der Waals surface area contributed by atoms with Gasteiger partial charge in [-0.05, 0) is 164 Å². The third-order valence-corrected chi connectivity index (χ3v) is 11.4. The van der Waals surface area contributed by atoms with Crippen molar-refractivity contribution in [3.63, 3.8) is 0 Å². The maximum absolute atomic E-state index is 12.2. The van der Waals surface area contributed by atoms with Crippen molar-refractivity contribution in [2.24, 2.45) is 0 Å². The molecule has 1 aliphatic carbocycles. The van der Waals surface area contributed by atoms with Gasteiger partial charge in [0.15, 0.2) is 0 Å². The first-order valence-corrected chi connectivity index (χ1v) is 21.4. The van der Waals surface area contributed by atoms with Gasteiger partial charge < -0.3 is 39.4 Å². The second-order valence-electron chi connectivity index (χ2n) is 16.2. The lowest BCUT2D eigenvalue weighted by Gasteiger charge is -2.20. The van der Waals surface area contributed by atoms with E-state index in [9.17, 15) is 20.4 Å². The van der Waals surface area contributed by atoms with E-state index in [1.54, 1.807) is 0 Å². The van der Waals surface area contributed by atoms with Gasteiger partial charge in [-0.1, -0.05) is 72.8 Å². The summed E-state index contributed by atoms with van der Waals surface area (Å²) in [5.41, 5.74) is 7.85. The van der Waals surface area contributed by atoms with Gasteiger partial charge in [0, 0.05) is 25.7 Å². The molecule has 320 valence electrons. The fourth-order valence-corrected chi connectivity index (χ4v) is 8.29. The second-order valence-corrected chi connectivity index (χ2v) is 16.2. The summed E-state index contributed by atoms with van der Waals surface area (Å²) in [5, 5.41) is 48.6. The minimum atomic E-state index is 0.0558. The van der Waals surface area contributed by atoms with Crippen LogP contribution in [0.5, 0.6) is 46.0 Å². The monoisotopic (exact) mass is 848 g/mol. The van der Waals surface area contributed by atoms with Crippen molar-refractivity contribution in [2.45, 2.75) is 52.1 Å². The standard InChI is InChI=1S/C56H48O8/c57-53-41-21-37(33-61-49-13-5-1-6-14-49)22-42(53)30-44-24-39(35-63-51-17-9-3-10-18-51)26-46(55(44)59)32-48-28-40(36-64-52-19-11-4-12-20-52)27-47(56(48)60)31-45-25-38(23-43(29-41)54(45)58)34-62-50-15-7-2-8-16-50/h1-28,57-60H,29-36H2. The highest BCUT2D eigenvalue weighted by atomic mass is 16.5. The van der Waals surface area contributed by atoms with Gasteiger partial charge in [-0.3, -0.25) is 0 Å². The Hall–Kier alpha value is -7.84. The van der Waals surface area contributed by atoms with Crippen molar-refractivity contribution in [1.82, 2.24) is 0 Å². The molecule has 9 rings (SSSR count). The van der Waals surface area contributed by atoms with Crippen molar-refractivity contribution in [1.29, 1.82) is 0 Å². The number of fused-ring (bicyclic) bond motifs is 8. The normalized spacial score (nSPS) is 12.0. The largest absolute Gasteiger partial charge is 0.507 e. The first-order valence-electron chi connectivity index (χ1n) is 21.4. The summed E-state index contributed by atoms with van der Waals surface area (Å²) in [7, 11) is 0. The van der Waals surface area contributed by atoms with E-state index < -0.39 is 0 Å². The van der Waals surface area contributed by atoms with Gasteiger partial charge in [0.05, 0.1) is 0 Å². The van der Waals surface area contributed by atoms with Crippen LogP contribution in [0.2, 0.25) is 0 Å². The lowest BCUT2D eigenvalue weighted by molar-refractivity contribution is 0.305. The van der Waals surface area contributed by atoms with Crippen molar-refractivity contribution in [3.8, 4) is 46.0 Å². The molecule has 1 aliphatic rings. The van der Waals surface area contributed by atoms with E-state index in [4.69, 9.17) is 18.9 Å². The Kier molecular flexibility index (Phi) is 12.4. The van der Waals surface area contributed by atoms with E-state index in [-0.39, 0.29) is 75.1 Å². The highest BCUT2D eigenvalue weighted by molar-refractivity contribution is 5.57. The summed E-state index contributed by atoms with van der Waals surface area (Å²) in [6.45, 7) is 0.885. The molecule has 0 saturated heterocycles. The van der Waals surface area contributed by atoms with Crippen LogP contribution in [0.4, 0.5) is 0 Å². The number of para-hydroxylation sites is 4. The molecule has 64 heavy (non-hydrogen) atoms. The third kappa shape index (κ3) is 9.93. The minimum absolute atomic E-state index is 0.0558. The molecule has 8 bridgehead atoms. The van der Waals surface area contributed by atoms with Gasteiger partial charge >= 0.3 is 0 Å². The molecule has 8 aromatic carbocycles. The molecule has 0 fully saturated rings. The predicted octanol–water partition coefficient (Wildman–Crippen LogP) is 11.5. The Morgan fingerprint density at radius 3 is 0.609 bits per heavy atom. The van der Waals surface area contributed by atoms with Crippen LogP contribution in [-0.2, 0) is 52.1 Å². The predicted molar refractivity (Wildman–Crippen MR) is 247 cm³/mol. The highest BCUT2D eigenvalue weighted by Crippen LogP contribution is 2.40. The Balaban J connectivity index is 1.18. The Morgan fingerprint density at radius 1 is 0.266 bits per heavy atom. The molecule has 0 aliphatic heterocycles. The van der Waals surface area contributed by atoms with Crippen LogP contribution in [0.1, 0.15) is 66.8 Å². The van der Waals surface area contributed by atoms with Gasteiger partial charge in [-0.2, -0.15) is 0 Å². The number of benzene rings is 8. The van der Waals surface area contributed by atoms with Gasteiger partial charge in [0.1, 0.15) is 72.4 Å².